The lowest BCUT2D eigenvalue weighted by Gasteiger charge is -2.08. The quantitative estimate of drug-likeness (QED) is 0.736. The summed E-state index contributed by atoms with van der Waals surface area (Å²) in [4.78, 5) is 8.77. The average molecular weight is 272 g/mol. The number of hydrogen-bond donors (Lipinski definition) is 1. The lowest BCUT2D eigenvalue weighted by molar-refractivity contribution is 1.21. The third-order valence-corrected chi connectivity index (χ3v) is 3.03. The van der Waals surface area contributed by atoms with Crippen molar-refractivity contribution < 1.29 is 0 Å². The van der Waals surface area contributed by atoms with E-state index in [2.05, 4.69) is 28.2 Å². The molecule has 0 aliphatic carbocycles. The zero-order chi connectivity index (χ0) is 12.5. The Morgan fingerprint density at radius 3 is 2.53 bits per heavy atom. The smallest absolute Gasteiger partial charge is 0.123 e. The molecule has 2 heterocycles. The van der Waals surface area contributed by atoms with Crippen molar-refractivity contribution in [2.75, 3.05) is 5.73 Å². The number of rotatable bonds is 1. The van der Waals surface area contributed by atoms with Crippen molar-refractivity contribution in [2.45, 2.75) is 6.92 Å². The molecule has 0 fully saturated rings. The molecule has 3 nitrogen and oxygen atoms in total. The van der Waals surface area contributed by atoms with E-state index in [0.717, 1.165) is 27.7 Å². The third-order valence-electron chi connectivity index (χ3n) is 3.03. The second kappa shape index (κ2) is 5.24. The van der Waals surface area contributed by atoms with E-state index in [0.29, 0.717) is 5.82 Å². The zero-order valence-electron chi connectivity index (χ0n) is 10.5. The van der Waals surface area contributed by atoms with Gasteiger partial charge in [-0.25, -0.2) is 4.98 Å². The lowest BCUT2D eigenvalue weighted by atomic mass is 10.0. The van der Waals surface area contributed by atoms with Gasteiger partial charge < -0.3 is 5.73 Å². The molecule has 0 amide bonds. The first kappa shape index (κ1) is 13.3. The van der Waals surface area contributed by atoms with E-state index in [1.165, 1.54) is 0 Å². The fourth-order valence-electron chi connectivity index (χ4n) is 2.19. The van der Waals surface area contributed by atoms with Gasteiger partial charge >= 0.3 is 0 Å². The summed E-state index contributed by atoms with van der Waals surface area (Å²) in [6, 6.07) is 14.0. The fraction of sp³-hybridized carbons (Fsp3) is 0.0667. The van der Waals surface area contributed by atoms with Crippen LogP contribution in [-0.4, -0.2) is 9.97 Å². The van der Waals surface area contributed by atoms with Crippen LogP contribution in [0.2, 0.25) is 0 Å². The standard InChI is InChI=1S/C15H13N3.ClH/c1-10-12(7-8-14(16)18-10)13-6-2-4-11-5-3-9-17-15(11)13;/h2-9H,1H3,(H2,16,18);1H. The van der Waals surface area contributed by atoms with Gasteiger partial charge in [0.25, 0.3) is 0 Å². The van der Waals surface area contributed by atoms with Gasteiger partial charge in [-0.3, -0.25) is 4.98 Å². The summed E-state index contributed by atoms with van der Waals surface area (Å²) in [5.74, 6) is 0.546. The molecule has 0 aliphatic rings. The molecule has 0 aliphatic heterocycles. The highest BCUT2D eigenvalue weighted by molar-refractivity contribution is 5.94. The molecule has 1 aromatic carbocycles. The van der Waals surface area contributed by atoms with Crippen molar-refractivity contribution in [2.24, 2.45) is 0 Å². The van der Waals surface area contributed by atoms with Gasteiger partial charge in [0.2, 0.25) is 0 Å². The predicted octanol–water partition coefficient (Wildman–Crippen LogP) is 3.61. The molecule has 96 valence electrons. The van der Waals surface area contributed by atoms with Crippen LogP contribution in [-0.2, 0) is 0 Å². The maximum atomic E-state index is 5.69. The molecule has 2 aromatic heterocycles. The Morgan fingerprint density at radius 1 is 0.947 bits per heavy atom. The summed E-state index contributed by atoms with van der Waals surface area (Å²) in [6.45, 7) is 1.97. The minimum absolute atomic E-state index is 0. The molecule has 0 radical (unpaired) electrons. The molecule has 2 N–H and O–H groups in total. The molecule has 19 heavy (non-hydrogen) atoms. The monoisotopic (exact) mass is 271 g/mol. The number of hydrogen-bond acceptors (Lipinski definition) is 3. The van der Waals surface area contributed by atoms with Crippen LogP contribution in [0.5, 0.6) is 0 Å². The number of nitrogens with two attached hydrogens (primary N) is 1. The summed E-state index contributed by atoms with van der Waals surface area (Å²) in [7, 11) is 0. The summed E-state index contributed by atoms with van der Waals surface area (Å²) in [5, 5.41) is 1.13. The summed E-state index contributed by atoms with van der Waals surface area (Å²) in [6.07, 6.45) is 1.81. The number of anilines is 1. The average Bonchev–Trinajstić information content (AvgIpc) is 2.38. The first-order chi connectivity index (χ1) is 8.75. The molecule has 0 bridgehead atoms. The summed E-state index contributed by atoms with van der Waals surface area (Å²) < 4.78 is 0. The van der Waals surface area contributed by atoms with Crippen LogP contribution >= 0.6 is 12.4 Å². The van der Waals surface area contributed by atoms with Crippen LogP contribution in [0.3, 0.4) is 0 Å². The van der Waals surface area contributed by atoms with Crippen molar-refractivity contribution in [1.29, 1.82) is 0 Å². The van der Waals surface area contributed by atoms with Crippen molar-refractivity contribution in [1.82, 2.24) is 9.97 Å². The van der Waals surface area contributed by atoms with Crippen LogP contribution in [0.1, 0.15) is 5.69 Å². The zero-order valence-corrected chi connectivity index (χ0v) is 11.3. The maximum absolute atomic E-state index is 5.69. The molecule has 0 atom stereocenters. The first-order valence-corrected chi connectivity index (χ1v) is 5.83. The van der Waals surface area contributed by atoms with Crippen LogP contribution in [0, 0.1) is 6.92 Å². The van der Waals surface area contributed by atoms with Gasteiger partial charge in [-0.05, 0) is 25.1 Å². The second-order valence-electron chi connectivity index (χ2n) is 4.25. The highest BCUT2D eigenvalue weighted by Crippen LogP contribution is 2.28. The number of pyridine rings is 2. The number of benzene rings is 1. The molecule has 4 heteroatoms. The normalized spacial score (nSPS) is 10.2. The number of fused-ring (bicyclic) bond motifs is 1. The lowest BCUT2D eigenvalue weighted by Crippen LogP contribution is -1.95. The molecule has 3 aromatic rings. The highest BCUT2D eigenvalue weighted by atomic mass is 35.5. The van der Waals surface area contributed by atoms with Gasteiger partial charge in [0, 0.05) is 28.4 Å². The Labute approximate surface area is 117 Å². The summed E-state index contributed by atoms with van der Waals surface area (Å²) in [5.41, 5.74) is 9.78. The molecular weight excluding hydrogens is 258 g/mol. The Bertz CT molecular complexity index is 720. The molecule has 0 saturated heterocycles. The Morgan fingerprint density at radius 2 is 1.74 bits per heavy atom. The van der Waals surface area contributed by atoms with Gasteiger partial charge in [-0.2, -0.15) is 0 Å². The Hall–Kier alpha value is -2.13. The predicted molar refractivity (Wildman–Crippen MR) is 81.4 cm³/mol. The van der Waals surface area contributed by atoms with Crippen molar-refractivity contribution >= 4 is 29.1 Å². The number of nitrogen functional groups attached to an aromatic ring is 1. The second-order valence-corrected chi connectivity index (χ2v) is 4.25. The van der Waals surface area contributed by atoms with E-state index < -0.39 is 0 Å². The Kier molecular flexibility index (Phi) is 3.67. The highest BCUT2D eigenvalue weighted by Gasteiger charge is 2.08. The fourth-order valence-corrected chi connectivity index (χ4v) is 2.19. The molecule has 0 spiro atoms. The van der Waals surface area contributed by atoms with E-state index in [4.69, 9.17) is 5.73 Å². The van der Waals surface area contributed by atoms with Crippen molar-refractivity contribution in [3.05, 3.63) is 54.4 Å². The van der Waals surface area contributed by atoms with E-state index in [1.54, 1.807) is 0 Å². The number of aryl methyl sites for hydroxylation is 1. The van der Waals surface area contributed by atoms with E-state index in [9.17, 15) is 0 Å². The topological polar surface area (TPSA) is 51.8 Å². The third kappa shape index (κ3) is 2.37. The van der Waals surface area contributed by atoms with Gasteiger partial charge in [0.15, 0.2) is 0 Å². The molecule has 3 rings (SSSR count). The van der Waals surface area contributed by atoms with Gasteiger partial charge in [-0.15, -0.1) is 12.4 Å². The Balaban J connectivity index is 0.00000133. The largest absolute Gasteiger partial charge is 0.384 e. The molecule has 0 unspecified atom stereocenters. The number of nitrogens with zero attached hydrogens (tertiary/aromatic N) is 2. The van der Waals surface area contributed by atoms with Crippen LogP contribution in [0.4, 0.5) is 5.82 Å². The van der Waals surface area contributed by atoms with Gasteiger partial charge in [0.1, 0.15) is 5.82 Å². The van der Waals surface area contributed by atoms with E-state index in [-0.39, 0.29) is 12.4 Å². The molecule has 0 saturated carbocycles. The first-order valence-electron chi connectivity index (χ1n) is 5.83. The SMILES string of the molecule is Cc1nc(N)ccc1-c1cccc2cccnc12.Cl. The van der Waals surface area contributed by atoms with Crippen molar-refractivity contribution in [3.8, 4) is 11.1 Å². The summed E-state index contributed by atoms with van der Waals surface area (Å²) >= 11 is 0. The molecular formula is C15H14ClN3. The number of aromatic nitrogens is 2. The maximum Gasteiger partial charge on any atom is 0.123 e. The van der Waals surface area contributed by atoms with Crippen LogP contribution < -0.4 is 5.73 Å². The van der Waals surface area contributed by atoms with E-state index in [1.807, 2.05) is 37.4 Å². The van der Waals surface area contributed by atoms with E-state index >= 15 is 0 Å². The van der Waals surface area contributed by atoms with Gasteiger partial charge in [-0.1, -0.05) is 24.3 Å². The van der Waals surface area contributed by atoms with Crippen molar-refractivity contribution in [3.63, 3.8) is 0 Å². The number of halogens is 1. The minimum Gasteiger partial charge on any atom is -0.384 e. The minimum atomic E-state index is 0. The number of para-hydroxylation sites is 1. The van der Waals surface area contributed by atoms with Gasteiger partial charge in [0.05, 0.1) is 5.52 Å². The van der Waals surface area contributed by atoms with Crippen LogP contribution in [0.25, 0.3) is 22.0 Å². The van der Waals surface area contributed by atoms with Crippen LogP contribution in [0.15, 0.2) is 48.7 Å².